The van der Waals surface area contributed by atoms with Crippen molar-refractivity contribution in [3.05, 3.63) is 18.2 Å². The smallest absolute Gasteiger partial charge is 0.257 e. The molecule has 0 bridgehead atoms. The first-order valence-corrected chi connectivity index (χ1v) is 8.87. The number of rotatable bonds is 6. The predicted molar refractivity (Wildman–Crippen MR) is 94.2 cm³/mol. The van der Waals surface area contributed by atoms with Crippen LogP contribution in [0.3, 0.4) is 0 Å². The van der Waals surface area contributed by atoms with Crippen molar-refractivity contribution in [1.82, 2.24) is 25.1 Å². The summed E-state index contributed by atoms with van der Waals surface area (Å²) in [5.74, 6) is -1.76. The number of H-pyrrole nitrogens is 1. The van der Waals surface area contributed by atoms with E-state index in [1.807, 2.05) is 0 Å². The Labute approximate surface area is 156 Å². The maximum Gasteiger partial charge on any atom is 0.257 e. The summed E-state index contributed by atoms with van der Waals surface area (Å²) in [5, 5.41) is 2.53. The van der Waals surface area contributed by atoms with Crippen molar-refractivity contribution in [2.24, 2.45) is 5.73 Å². The molecule has 3 rings (SSSR count). The number of aromatic nitrogens is 2. The quantitative estimate of drug-likeness (QED) is 0.392. The second kappa shape index (κ2) is 7.20. The molecule has 146 valence electrons. The van der Waals surface area contributed by atoms with Gasteiger partial charge < -0.3 is 16.0 Å². The summed E-state index contributed by atoms with van der Waals surface area (Å²) in [6.07, 6.45) is 4.31. The van der Waals surface area contributed by atoms with Gasteiger partial charge in [-0.3, -0.25) is 29.0 Å². The van der Waals surface area contributed by atoms with Gasteiger partial charge in [0.2, 0.25) is 11.8 Å². The Morgan fingerprint density at radius 3 is 2.70 bits per heavy atom. The van der Waals surface area contributed by atoms with E-state index in [9.17, 15) is 19.2 Å². The Kier molecular flexibility index (Phi) is 5.11. The molecule has 0 aromatic carbocycles. The van der Waals surface area contributed by atoms with Crippen molar-refractivity contribution in [3.63, 3.8) is 0 Å². The van der Waals surface area contributed by atoms with Crippen molar-refractivity contribution in [1.29, 1.82) is 0 Å². The molecule has 3 amide bonds. The number of β-lactam (4-membered cyclic amide) rings is 1. The monoisotopic (exact) mass is 376 g/mol. The third-order valence-electron chi connectivity index (χ3n) is 5.42. The van der Waals surface area contributed by atoms with Crippen LogP contribution in [-0.4, -0.2) is 81.5 Å². The number of imide groups is 1. The fourth-order valence-electron chi connectivity index (χ4n) is 3.79. The van der Waals surface area contributed by atoms with Crippen molar-refractivity contribution in [3.8, 4) is 0 Å². The molecule has 0 radical (unpaired) electrons. The maximum atomic E-state index is 13.2. The molecule has 2 aliphatic rings. The highest BCUT2D eigenvalue weighted by Gasteiger charge is 2.57. The SMILES string of the molecule is CN(C(=O)[C@@H](N)Cc1c[nH]cn1)C(=O)[C@]1(C(=O)[C@@H]2CC(=O)N2)CCCN1C. The molecule has 2 fully saturated rings. The third-order valence-corrected chi connectivity index (χ3v) is 5.42. The van der Waals surface area contributed by atoms with Crippen LogP contribution in [-0.2, 0) is 25.6 Å². The van der Waals surface area contributed by atoms with Gasteiger partial charge in [-0.25, -0.2) is 4.98 Å². The number of carbonyl (C=O) groups excluding carboxylic acids is 4. The van der Waals surface area contributed by atoms with Crippen molar-refractivity contribution in [2.75, 3.05) is 20.6 Å². The largest absolute Gasteiger partial charge is 0.351 e. The fourth-order valence-corrected chi connectivity index (χ4v) is 3.79. The Balaban J connectivity index is 1.78. The van der Waals surface area contributed by atoms with Gasteiger partial charge in [-0.1, -0.05) is 0 Å². The number of likely N-dealkylation sites (N-methyl/N-ethyl adjacent to an activating group) is 2. The van der Waals surface area contributed by atoms with Gasteiger partial charge in [0, 0.05) is 19.7 Å². The number of nitrogens with one attached hydrogen (secondary N) is 2. The molecule has 1 aromatic heterocycles. The van der Waals surface area contributed by atoms with Crippen LogP contribution in [0.4, 0.5) is 0 Å². The number of imidazole rings is 1. The third kappa shape index (κ3) is 3.26. The lowest BCUT2D eigenvalue weighted by molar-refractivity contribution is -0.157. The number of amides is 3. The number of hydrogen-bond acceptors (Lipinski definition) is 7. The van der Waals surface area contributed by atoms with E-state index in [1.165, 1.54) is 13.4 Å². The lowest BCUT2D eigenvalue weighted by Crippen LogP contribution is -2.68. The number of nitrogens with zero attached hydrogens (tertiary/aromatic N) is 3. The molecule has 4 N–H and O–H groups in total. The van der Waals surface area contributed by atoms with E-state index in [1.54, 1.807) is 18.1 Å². The van der Waals surface area contributed by atoms with E-state index in [2.05, 4.69) is 15.3 Å². The van der Waals surface area contributed by atoms with Crippen LogP contribution >= 0.6 is 0 Å². The molecular formula is C17H24N6O4. The second-order valence-corrected chi connectivity index (χ2v) is 7.15. The first kappa shape index (κ1) is 19.2. The Morgan fingerprint density at radius 1 is 1.48 bits per heavy atom. The lowest BCUT2D eigenvalue weighted by atomic mass is 9.82. The Morgan fingerprint density at radius 2 is 2.19 bits per heavy atom. The van der Waals surface area contributed by atoms with Crippen LogP contribution in [0.2, 0.25) is 0 Å². The van der Waals surface area contributed by atoms with Crippen LogP contribution in [0, 0.1) is 0 Å². The molecule has 27 heavy (non-hydrogen) atoms. The molecular weight excluding hydrogens is 352 g/mol. The fraction of sp³-hybridized carbons (Fsp3) is 0.588. The molecule has 0 unspecified atom stereocenters. The van der Waals surface area contributed by atoms with E-state index in [-0.39, 0.29) is 24.5 Å². The van der Waals surface area contributed by atoms with Crippen molar-refractivity contribution in [2.45, 2.75) is 43.3 Å². The van der Waals surface area contributed by atoms with Crippen LogP contribution < -0.4 is 11.1 Å². The summed E-state index contributed by atoms with van der Waals surface area (Å²) in [7, 11) is 3.03. The van der Waals surface area contributed by atoms with Gasteiger partial charge in [0.25, 0.3) is 5.91 Å². The van der Waals surface area contributed by atoms with Gasteiger partial charge in [-0.15, -0.1) is 0 Å². The van der Waals surface area contributed by atoms with E-state index in [0.29, 0.717) is 25.1 Å². The highest BCUT2D eigenvalue weighted by Crippen LogP contribution is 2.33. The standard InChI is InChI=1S/C17H24N6O4/c1-22-5-3-4-17(22,14(25)12-7-13(24)21-12)16(27)23(2)15(26)11(18)6-10-8-19-9-20-10/h8-9,11-12H,3-7,18H2,1-2H3,(H,19,20)(H,21,24)/t11-,12-,17+/m0/s1. The number of ketones is 1. The minimum atomic E-state index is -1.45. The normalized spacial score (nSPS) is 26.2. The average Bonchev–Trinajstić information content (AvgIpc) is 3.26. The molecule has 0 aliphatic carbocycles. The number of carbonyl (C=O) groups is 4. The predicted octanol–water partition coefficient (Wildman–Crippen LogP) is -1.81. The molecule has 2 aliphatic heterocycles. The number of hydrogen-bond donors (Lipinski definition) is 3. The van der Waals surface area contributed by atoms with Gasteiger partial charge in [-0.05, 0) is 26.4 Å². The van der Waals surface area contributed by atoms with Crippen molar-refractivity contribution >= 4 is 23.5 Å². The topological polar surface area (TPSA) is 141 Å². The zero-order valence-corrected chi connectivity index (χ0v) is 15.4. The Hall–Kier alpha value is -2.59. The molecule has 3 atom stereocenters. The van der Waals surface area contributed by atoms with Crippen LogP contribution in [0.25, 0.3) is 0 Å². The molecule has 1 aromatic rings. The highest BCUT2D eigenvalue weighted by atomic mass is 16.2. The number of likely N-dealkylation sites (tertiary alicyclic amines) is 1. The number of nitrogens with two attached hydrogens (primary N) is 1. The molecule has 10 nitrogen and oxygen atoms in total. The van der Waals surface area contributed by atoms with Gasteiger partial charge >= 0.3 is 0 Å². The summed E-state index contributed by atoms with van der Waals surface area (Å²) in [6, 6.07) is -1.65. The van der Waals surface area contributed by atoms with E-state index in [4.69, 9.17) is 5.73 Å². The zero-order valence-electron chi connectivity index (χ0n) is 15.4. The second-order valence-electron chi connectivity index (χ2n) is 7.15. The minimum absolute atomic E-state index is 0.0675. The summed E-state index contributed by atoms with van der Waals surface area (Å²) in [6.45, 7) is 0.555. The number of Topliss-reactive ketones (excluding diaryl/α,β-unsaturated/α-hetero) is 1. The minimum Gasteiger partial charge on any atom is -0.351 e. The first-order valence-electron chi connectivity index (χ1n) is 8.87. The van der Waals surface area contributed by atoms with Gasteiger partial charge in [-0.2, -0.15) is 0 Å². The lowest BCUT2D eigenvalue weighted by Gasteiger charge is -2.40. The van der Waals surface area contributed by atoms with E-state index in [0.717, 1.165) is 4.90 Å². The van der Waals surface area contributed by atoms with Crippen LogP contribution in [0.5, 0.6) is 0 Å². The summed E-state index contributed by atoms with van der Waals surface area (Å²) in [5.41, 5.74) is 5.12. The van der Waals surface area contributed by atoms with Gasteiger partial charge in [0.1, 0.15) is 0 Å². The van der Waals surface area contributed by atoms with E-state index >= 15 is 0 Å². The highest BCUT2D eigenvalue weighted by molar-refractivity contribution is 6.18. The molecule has 10 heteroatoms. The van der Waals surface area contributed by atoms with Gasteiger partial charge in [0.05, 0.1) is 30.5 Å². The van der Waals surface area contributed by atoms with Gasteiger partial charge in [0.15, 0.2) is 11.3 Å². The first-order chi connectivity index (χ1) is 12.8. The summed E-state index contributed by atoms with van der Waals surface area (Å²) >= 11 is 0. The average molecular weight is 376 g/mol. The summed E-state index contributed by atoms with van der Waals surface area (Å²) in [4.78, 5) is 59.6. The maximum absolute atomic E-state index is 13.2. The van der Waals surface area contributed by atoms with E-state index < -0.39 is 29.4 Å². The van der Waals surface area contributed by atoms with Crippen molar-refractivity contribution < 1.29 is 19.2 Å². The molecule has 3 heterocycles. The Bertz CT molecular complexity index is 755. The number of aromatic amines is 1. The summed E-state index contributed by atoms with van der Waals surface area (Å²) < 4.78 is 0. The zero-order chi connectivity index (χ0) is 19.8. The van der Waals surface area contributed by atoms with Crippen LogP contribution in [0.15, 0.2) is 12.5 Å². The molecule has 2 saturated heterocycles. The van der Waals surface area contributed by atoms with Crippen LogP contribution in [0.1, 0.15) is 25.0 Å². The molecule has 0 saturated carbocycles. The molecule has 0 spiro atoms.